The first-order chi connectivity index (χ1) is 16.9. The number of carboxylic acids is 1. The van der Waals surface area contributed by atoms with Crippen LogP contribution in [0.1, 0.15) is 68.1 Å². The number of halogens is 1. The van der Waals surface area contributed by atoms with Crippen LogP contribution in [-0.4, -0.2) is 17.2 Å². The average molecular weight is 493 g/mol. The molecule has 0 heterocycles. The van der Waals surface area contributed by atoms with E-state index in [1.54, 1.807) is 0 Å². The first kappa shape index (κ1) is 25.1. The van der Waals surface area contributed by atoms with Crippen molar-refractivity contribution < 1.29 is 19.4 Å². The van der Waals surface area contributed by atoms with Crippen molar-refractivity contribution in [2.75, 3.05) is 0 Å². The van der Waals surface area contributed by atoms with E-state index in [9.17, 15) is 4.79 Å². The fourth-order valence-corrected chi connectivity index (χ4v) is 5.00. The van der Waals surface area contributed by atoms with Gasteiger partial charge < -0.3 is 14.6 Å². The van der Waals surface area contributed by atoms with Crippen molar-refractivity contribution in [1.29, 1.82) is 0 Å². The Morgan fingerprint density at radius 1 is 1.09 bits per heavy atom. The van der Waals surface area contributed by atoms with Gasteiger partial charge in [-0.25, -0.2) is 0 Å². The van der Waals surface area contributed by atoms with Crippen molar-refractivity contribution in [1.82, 2.24) is 0 Å². The first-order valence-corrected chi connectivity index (χ1v) is 12.8. The predicted octanol–water partition coefficient (Wildman–Crippen LogP) is 7.94. The molecule has 0 saturated heterocycles. The molecule has 0 radical (unpaired) electrons. The number of hydrogen-bond donors (Lipinski definition) is 1. The zero-order valence-electron chi connectivity index (χ0n) is 20.4. The van der Waals surface area contributed by atoms with Gasteiger partial charge in [-0.15, -0.1) is 0 Å². The van der Waals surface area contributed by atoms with Crippen LogP contribution in [0.15, 0.2) is 72.0 Å². The Labute approximate surface area is 212 Å². The maximum absolute atomic E-state index is 10.9. The quantitative estimate of drug-likeness (QED) is 0.406. The largest absolute Gasteiger partial charge is 0.482 e. The third kappa shape index (κ3) is 7.02. The highest BCUT2D eigenvalue weighted by atomic mass is 35.5. The van der Waals surface area contributed by atoms with Crippen LogP contribution >= 0.6 is 11.6 Å². The number of carboxylic acid groups (broad SMARTS) is 1. The summed E-state index contributed by atoms with van der Waals surface area (Å²) in [6.45, 7) is 4.01. The van der Waals surface area contributed by atoms with E-state index in [-0.39, 0.29) is 12.5 Å². The number of allylic oxidation sites excluding steroid dienone is 3. The van der Waals surface area contributed by atoms with Gasteiger partial charge in [-0.3, -0.25) is 4.79 Å². The predicted molar refractivity (Wildman–Crippen MR) is 140 cm³/mol. The Morgan fingerprint density at radius 2 is 1.89 bits per heavy atom. The third-order valence-corrected chi connectivity index (χ3v) is 6.92. The molecule has 35 heavy (non-hydrogen) atoms. The Balaban J connectivity index is 1.53. The van der Waals surface area contributed by atoms with E-state index in [0.29, 0.717) is 23.8 Å². The highest BCUT2D eigenvalue weighted by Crippen LogP contribution is 2.39. The van der Waals surface area contributed by atoms with Crippen LogP contribution in [0.5, 0.6) is 11.5 Å². The molecule has 0 spiro atoms. The van der Waals surface area contributed by atoms with E-state index in [4.69, 9.17) is 26.2 Å². The molecule has 2 aliphatic rings. The molecule has 2 aromatic carbocycles. The molecule has 5 heteroatoms. The molecule has 1 unspecified atom stereocenters. The number of aliphatic carboxylic acids is 1. The van der Waals surface area contributed by atoms with Gasteiger partial charge in [0.25, 0.3) is 0 Å². The van der Waals surface area contributed by atoms with E-state index >= 15 is 0 Å². The van der Waals surface area contributed by atoms with E-state index in [2.05, 4.69) is 6.07 Å². The molecular formula is C30H33ClO4. The van der Waals surface area contributed by atoms with Crippen molar-refractivity contribution in [3.8, 4) is 11.5 Å². The third-order valence-electron chi connectivity index (χ3n) is 6.69. The Morgan fingerprint density at radius 3 is 2.63 bits per heavy atom. The van der Waals surface area contributed by atoms with Gasteiger partial charge in [-0.2, -0.15) is 0 Å². The van der Waals surface area contributed by atoms with Crippen molar-refractivity contribution in [3.63, 3.8) is 0 Å². The lowest BCUT2D eigenvalue weighted by Crippen LogP contribution is -2.14. The number of carbonyl (C=O) groups is 1. The highest BCUT2D eigenvalue weighted by Gasteiger charge is 2.21. The summed E-state index contributed by atoms with van der Waals surface area (Å²) < 4.78 is 12.7. The SMILES string of the molecule is CC1=CC(Oc2ccc(CCC(=O)O)c(C)c2)=CC(Oc2ccc(Cl)cc2C2CCCCC2)C=C1. The van der Waals surface area contributed by atoms with E-state index in [1.165, 1.54) is 37.7 Å². The van der Waals surface area contributed by atoms with Crippen molar-refractivity contribution in [2.45, 2.75) is 70.8 Å². The van der Waals surface area contributed by atoms with Crippen LogP contribution in [0.25, 0.3) is 0 Å². The van der Waals surface area contributed by atoms with E-state index in [1.807, 2.05) is 68.5 Å². The zero-order chi connectivity index (χ0) is 24.8. The van der Waals surface area contributed by atoms with Crippen molar-refractivity contribution in [3.05, 3.63) is 93.7 Å². The number of hydrogen-bond acceptors (Lipinski definition) is 3. The molecule has 0 bridgehead atoms. The van der Waals surface area contributed by atoms with Gasteiger partial charge in [0.05, 0.1) is 0 Å². The van der Waals surface area contributed by atoms with Gasteiger partial charge in [0.15, 0.2) is 0 Å². The average Bonchev–Trinajstić information content (AvgIpc) is 3.00. The molecule has 1 atom stereocenters. The minimum absolute atomic E-state index is 0.117. The smallest absolute Gasteiger partial charge is 0.303 e. The maximum Gasteiger partial charge on any atom is 0.303 e. The summed E-state index contributed by atoms with van der Waals surface area (Å²) in [7, 11) is 0. The zero-order valence-corrected chi connectivity index (χ0v) is 21.2. The summed E-state index contributed by atoms with van der Waals surface area (Å²) in [5.74, 6) is 1.99. The lowest BCUT2D eigenvalue weighted by Gasteiger charge is -2.25. The molecule has 1 saturated carbocycles. The van der Waals surface area contributed by atoms with Crippen LogP contribution in [0.2, 0.25) is 5.02 Å². The standard InChI is InChI=1S/C30H33ClO4/c1-20-8-12-26(35-29-14-11-24(31)18-28(29)23-6-4-3-5-7-23)19-27(16-20)34-25-13-9-22(21(2)17-25)10-15-30(32)33/h8-9,11-14,16-19,23,26H,3-7,10,15H2,1-2H3,(H,32,33). The molecule has 2 aliphatic carbocycles. The summed E-state index contributed by atoms with van der Waals surface area (Å²) in [4.78, 5) is 10.9. The topological polar surface area (TPSA) is 55.8 Å². The van der Waals surface area contributed by atoms with E-state index < -0.39 is 5.97 Å². The Hall–Kier alpha value is -2.98. The van der Waals surface area contributed by atoms with Crippen LogP contribution < -0.4 is 9.47 Å². The summed E-state index contributed by atoms with van der Waals surface area (Å²) in [5, 5.41) is 9.70. The second-order valence-electron chi connectivity index (χ2n) is 9.50. The first-order valence-electron chi connectivity index (χ1n) is 12.4. The van der Waals surface area contributed by atoms with Crippen LogP contribution in [0.3, 0.4) is 0 Å². The lowest BCUT2D eigenvalue weighted by molar-refractivity contribution is -0.136. The molecule has 4 nitrogen and oxygen atoms in total. The molecule has 1 fully saturated rings. The van der Waals surface area contributed by atoms with Gasteiger partial charge in [-0.05, 0) is 104 Å². The number of benzene rings is 2. The van der Waals surface area contributed by atoms with Crippen molar-refractivity contribution in [2.24, 2.45) is 0 Å². The van der Waals surface area contributed by atoms with Gasteiger partial charge in [0.2, 0.25) is 0 Å². The minimum atomic E-state index is -0.792. The Kier molecular flexibility index (Phi) is 8.35. The molecule has 2 aromatic rings. The monoisotopic (exact) mass is 492 g/mol. The summed E-state index contributed by atoms with van der Waals surface area (Å²) in [6.07, 6.45) is 14.6. The van der Waals surface area contributed by atoms with Gasteiger partial charge in [-0.1, -0.05) is 43.0 Å². The summed E-state index contributed by atoms with van der Waals surface area (Å²) in [6, 6.07) is 11.7. The molecule has 184 valence electrons. The molecule has 0 aromatic heterocycles. The van der Waals surface area contributed by atoms with Crippen molar-refractivity contribution >= 4 is 17.6 Å². The highest BCUT2D eigenvalue weighted by molar-refractivity contribution is 6.30. The fraction of sp³-hybridized carbons (Fsp3) is 0.367. The number of ether oxygens (including phenoxy) is 2. The van der Waals surface area contributed by atoms with E-state index in [0.717, 1.165) is 27.5 Å². The molecule has 0 amide bonds. The molecule has 0 aliphatic heterocycles. The minimum Gasteiger partial charge on any atom is -0.482 e. The second kappa shape index (κ2) is 11.6. The maximum atomic E-state index is 10.9. The molecule has 4 rings (SSSR count). The normalized spacial score (nSPS) is 18.4. The number of aryl methyl sites for hydroxylation is 2. The molecule has 1 N–H and O–H groups in total. The lowest BCUT2D eigenvalue weighted by atomic mass is 9.83. The van der Waals surface area contributed by atoms with Crippen LogP contribution in [0, 0.1) is 6.92 Å². The molecular weight excluding hydrogens is 460 g/mol. The van der Waals surface area contributed by atoms with Gasteiger partial charge in [0, 0.05) is 17.5 Å². The van der Waals surface area contributed by atoms with Gasteiger partial charge >= 0.3 is 5.97 Å². The second-order valence-corrected chi connectivity index (χ2v) is 9.94. The fourth-order valence-electron chi connectivity index (χ4n) is 4.82. The number of rotatable bonds is 8. The van der Waals surface area contributed by atoms with Crippen LogP contribution in [-0.2, 0) is 11.2 Å². The van der Waals surface area contributed by atoms with Crippen LogP contribution in [0.4, 0.5) is 0 Å². The summed E-state index contributed by atoms with van der Waals surface area (Å²) >= 11 is 6.36. The summed E-state index contributed by atoms with van der Waals surface area (Å²) in [5.41, 5.74) is 4.30. The Bertz CT molecular complexity index is 1150. The van der Waals surface area contributed by atoms with Gasteiger partial charge in [0.1, 0.15) is 23.4 Å².